The summed E-state index contributed by atoms with van der Waals surface area (Å²) >= 11 is 8.37. The first-order valence-electron chi connectivity index (χ1n) is 6.12. The van der Waals surface area contributed by atoms with Gasteiger partial charge in [-0.15, -0.1) is 0 Å². The average Bonchev–Trinajstić information content (AvgIpc) is 3.17. The van der Waals surface area contributed by atoms with Gasteiger partial charge in [-0.25, -0.2) is 4.98 Å². The largest absolute Gasteiger partial charge is 0.355 e. The lowest BCUT2D eigenvalue weighted by Crippen LogP contribution is -2.31. The van der Waals surface area contributed by atoms with Crippen LogP contribution < -0.4 is 4.90 Å². The van der Waals surface area contributed by atoms with Gasteiger partial charge in [-0.1, -0.05) is 0 Å². The predicted octanol–water partition coefficient (Wildman–Crippen LogP) is 3.51. The van der Waals surface area contributed by atoms with E-state index in [1.807, 2.05) is 4.34 Å². The van der Waals surface area contributed by atoms with Crippen molar-refractivity contribution in [1.29, 1.82) is 0 Å². The molecule has 0 spiro atoms. The van der Waals surface area contributed by atoms with Crippen molar-refractivity contribution in [2.24, 2.45) is 5.92 Å². The number of rotatable bonds is 4. The van der Waals surface area contributed by atoms with Crippen molar-refractivity contribution < 1.29 is 0 Å². The zero-order valence-electron chi connectivity index (χ0n) is 10.6. The van der Waals surface area contributed by atoms with Gasteiger partial charge in [0.05, 0.1) is 6.37 Å². The van der Waals surface area contributed by atoms with Crippen LogP contribution in [0.25, 0.3) is 11.2 Å². The van der Waals surface area contributed by atoms with Crippen LogP contribution in [0.4, 0.5) is 5.82 Å². The first-order valence-corrected chi connectivity index (χ1v) is 10.6. The number of halogens is 2. The second kappa shape index (κ2) is 5.30. The first-order chi connectivity index (χ1) is 9.11. The Kier molecular flexibility index (Phi) is 3.84. The van der Waals surface area contributed by atoms with Gasteiger partial charge in [-0.05, 0) is 59.3 Å². The topological polar surface area (TPSA) is 46.8 Å². The molecule has 0 saturated heterocycles. The van der Waals surface area contributed by atoms with Crippen molar-refractivity contribution in [1.82, 2.24) is 19.3 Å². The van der Waals surface area contributed by atoms with E-state index in [0.29, 0.717) is 12.4 Å². The van der Waals surface area contributed by atoms with Crippen molar-refractivity contribution in [2.45, 2.75) is 25.8 Å². The Labute approximate surface area is 131 Å². The zero-order valence-corrected chi connectivity index (χ0v) is 14.6. The minimum Gasteiger partial charge on any atom is -0.355 e. The number of nitrogens with zero attached hydrogens (tertiary/aromatic N) is 5. The molecule has 2 heterocycles. The summed E-state index contributed by atoms with van der Waals surface area (Å²) in [7, 11) is 2.06. The van der Waals surface area contributed by atoms with Crippen LogP contribution in [0, 0.1) is 5.92 Å². The fourth-order valence-corrected chi connectivity index (χ4v) is 3.81. The van der Waals surface area contributed by atoms with E-state index in [4.69, 9.17) is 11.6 Å². The van der Waals surface area contributed by atoms with Gasteiger partial charge in [0.25, 0.3) is 0 Å². The summed E-state index contributed by atoms with van der Waals surface area (Å²) in [6, 6.07) is 0.460. The molecule has 19 heavy (non-hydrogen) atoms. The van der Waals surface area contributed by atoms with Crippen LogP contribution in [0.3, 0.4) is 0 Å². The van der Waals surface area contributed by atoms with Gasteiger partial charge in [0.2, 0.25) is 5.28 Å². The highest BCUT2D eigenvalue weighted by Gasteiger charge is 2.32. The molecule has 1 fully saturated rings. The third kappa shape index (κ3) is 2.54. The fourth-order valence-electron chi connectivity index (χ4n) is 2.25. The van der Waals surface area contributed by atoms with Crippen LogP contribution in [-0.4, -0.2) is 32.4 Å². The Morgan fingerprint density at radius 1 is 1.53 bits per heavy atom. The predicted molar refractivity (Wildman–Crippen MR) is 88.7 cm³/mol. The number of fused-ring (bicyclic) bond motifs is 1. The molecule has 0 aromatic carbocycles. The van der Waals surface area contributed by atoms with E-state index in [2.05, 4.69) is 55.9 Å². The van der Waals surface area contributed by atoms with Gasteiger partial charge < -0.3 is 4.90 Å². The second-order valence-corrected chi connectivity index (χ2v) is 7.31. The minimum absolute atomic E-state index is 0.286. The molecule has 2 atom stereocenters. The van der Waals surface area contributed by atoms with Crippen molar-refractivity contribution in [3.05, 3.63) is 11.6 Å². The van der Waals surface area contributed by atoms with Crippen LogP contribution in [0.2, 0.25) is 5.28 Å². The maximum absolute atomic E-state index is 6.06. The molecular formula is C11H14ClIN5P. The standard InChI is InChI=1S/C11H14ClIN5P/c1-6(7-3-4-7)17(2)9-8-10(16-11(12)15-9)18(19-13)5-14-8/h5-7,19H,3-4H2,1-2H3/t6-/m0/s1. The third-order valence-electron chi connectivity index (χ3n) is 3.69. The summed E-state index contributed by atoms with van der Waals surface area (Å²) in [6.45, 7) is 2.23. The number of hydrogen-bond donors (Lipinski definition) is 0. The Morgan fingerprint density at radius 3 is 2.89 bits per heavy atom. The highest BCUT2D eigenvalue weighted by atomic mass is 127. The van der Waals surface area contributed by atoms with Crippen molar-refractivity contribution in [2.75, 3.05) is 11.9 Å². The lowest BCUT2D eigenvalue weighted by atomic mass is 10.2. The molecule has 1 aliphatic carbocycles. The first kappa shape index (κ1) is 13.8. The molecule has 5 nitrogen and oxygen atoms in total. The number of imidazole rings is 1. The maximum atomic E-state index is 6.06. The van der Waals surface area contributed by atoms with E-state index in [1.54, 1.807) is 6.33 Å². The molecule has 0 radical (unpaired) electrons. The third-order valence-corrected chi connectivity index (χ3v) is 5.93. The summed E-state index contributed by atoms with van der Waals surface area (Å²) in [6.07, 6.45) is 4.96. The number of anilines is 1. The van der Waals surface area contributed by atoms with E-state index in [9.17, 15) is 0 Å². The molecule has 8 heteroatoms. The van der Waals surface area contributed by atoms with Crippen LogP contribution in [-0.2, 0) is 0 Å². The molecule has 1 aliphatic rings. The van der Waals surface area contributed by atoms with E-state index in [0.717, 1.165) is 22.9 Å². The van der Waals surface area contributed by atoms with Gasteiger partial charge >= 0.3 is 0 Å². The lowest BCUT2D eigenvalue weighted by Gasteiger charge is -2.26. The van der Waals surface area contributed by atoms with E-state index >= 15 is 0 Å². The zero-order chi connectivity index (χ0) is 13.6. The SMILES string of the molecule is C[C@@H](C1CC1)N(C)c1nc(Cl)nc2c1ncn2PI. The monoisotopic (exact) mass is 409 g/mol. The number of aromatic nitrogens is 4. The minimum atomic E-state index is 0.286. The van der Waals surface area contributed by atoms with Gasteiger partial charge in [-0.2, -0.15) is 9.97 Å². The maximum Gasteiger partial charge on any atom is 0.226 e. The van der Waals surface area contributed by atoms with Crippen LogP contribution in [0.1, 0.15) is 19.8 Å². The van der Waals surface area contributed by atoms with E-state index in [1.165, 1.54) is 12.8 Å². The Hall–Kier alpha value is -0.200. The quantitative estimate of drug-likeness (QED) is 0.440. The van der Waals surface area contributed by atoms with Gasteiger partial charge in [0.15, 0.2) is 17.0 Å². The van der Waals surface area contributed by atoms with Crippen molar-refractivity contribution in [3.8, 4) is 0 Å². The van der Waals surface area contributed by atoms with Crippen molar-refractivity contribution in [3.63, 3.8) is 0 Å². The Morgan fingerprint density at radius 2 is 2.26 bits per heavy atom. The van der Waals surface area contributed by atoms with Gasteiger partial charge in [0.1, 0.15) is 6.33 Å². The summed E-state index contributed by atoms with van der Waals surface area (Å²) in [5, 5.41) is 0.286. The van der Waals surface area contributed by atoms with Crippen molar-refractivity contribution >= 4 is 57.0 Å². The molecule has 2 aromatic heterocycles. The molecule has 0 amide bonds. The molecule has 2 aromatic rings. The Bertz CT molecular complexity index is 614. The van der Waals surface area contributed by atoms with Crippen LogP contribution >= 0.6 is 40.0 Å². The average molecular weight is 410 g/mol. The number of hydrogen-bond acceptors (Lipinski definition) is 4. The highest BCUT2D eigenvalue weighted by Crippen LogP contribution is 2.38. The fraction of sp³-hybridized carbons (Fsp3) is 0.545. The summed E-state index contributed by atoms with van der Waals surface area (Å²) < 4.78 is 2.00. The van der Waals surface area contributed by atoms with Gasteiger partial charge in [-0.3, -0.25) is 4.34 Å². The lowest BCUT2D eigenvalue weighted by molar-refractivity contribution is 0.605. The van der Waals surface area contributed by atoms with E-state index < -0.39 is 0 Å². The molecule has 3 rings (SSSR count). The molecule has 0 N–H and O–H groups in total. The second-order valence-electron chi connectivity index (χ2n) is 4.88. The van der Waals surface area contributed by atoms with Crippen LogP contribution in [0.5, 0.6) is 0 Å². The molecule has 1 unspecified atom stereocenters. The molecule has 0 aliphatic heterocycles. The summed E-state index contributed by atoms with van der Waals surface area (Å²) in [5.41, 5.74) is 1.65. The Balaban J connectivity index is 2.08. The van der Waals surface area contributed by atoms with Gasteiger partial charge in [0, 0.05) is 13.1 Å². The summed E-state index contributed by atoms with van der Waals surface area (Å²) in [5.74, 6) is 1.60. The summed E-state index contributed by atoms with van der Waals surface area (Å²) in [4.78, 5) is 15.3. The van der Waals surface area contributed by atoms with E-state index in [-0.39, 0.29) is 5.28 Å². The normalized spacial score (nSPS) is 17.5. The molecule has 1 saturated carbocycles. The molecular weight excluding hydrogens is 395 g/mol. The molecule has 102 valence electrons. The van der Waals surface area contributed by atoms with Crippen LogP contribution in [0.15, 0.2) is 6.33 Å². The highest BCUT2D eigenvalue weighted by molar-refractivity contribution is 14.2. The smallest absolute Gasteiger partial charge is 0.226 e. The molecule has 0 bridgehead atoms.